The summed E-state index contributed by atoms with van der Waals surface area (Å²) in [6, 6.07) is 22.5. The third-order valence-corrected chi connectivity index (χ3v) is 8.99. The molecule has 0 aromatic heterocycles. The van der Waals surface area contributed by atoms with Gasteiger partial charge in [0.1, 0.15) is 5.82 Å². The van der Waals surface area contributed by atoms with Crippen LogP contribution in [0.3, 0.4) is 0 Å². The van der Waals surface area contributed by atoms with E-state index in [1.54, 1.807) is 23.3 Å². The molecule has 0 saturated heterocycles. The van der Waals surface area contributed by atoms with Crippen molar-refractivity contribution in [1.29, 1.82) is 0 Å². The maximum Gasteiger partial charge on any atom is 0.123 e. The molecule has 3 aliphatic carbocycles. The molecule has 204 valence electrons. The molecule has 1 N–H and O–H groups in total. The van der Waals surface area contributed by atoms with Crippen LogP contribution >= 0.6 is 0 Å². The average Bonchev–Trinajstić information content (AvgIpc) is 3.58. The van der Waals surface area contributed by atoms with Gasteiger partial charge in [0.2, 0.25) is 0 Å². The van der Waals surface area contributed by atoms with Crippen LogP contribution in [-0.4, -0.2) is 11.2 Å². The number of aliphatic hydroxyl groups excluding tert-OH is 1. The topological polar surface area (TPSA) is 20.2 Å². The van der Waals surface area contributed by atoms with Gasteiger partial charge >= 0.3 is 0 Å². The summed E-state index contributed by atoms with van der Waals surface area (Å²) in [4.78, 5) is 0. The fraction of sp³-hybridized carbons (Fsp3) is 0.500. The lowest BCUT2D eigenvalue weighted by Crippen LogP contribution is -2.18. The van der Waals surface area contributed by atoms with Crippen LogP contribution in [0.4, 0.5) is 4.39 Å². The first kappa shape index (κ1) is 28.6. The van der Waals surface area contributed by atoms with Crippen LogP contribution in [0.1, 0.15) is 106 Å². The zero-order valence-corrected chi connectivity index (χ0v) is 24.3. The lowest BCUT2D eigenvalue weighted by Gasteiger charge is -2.19. The maximum atomic E-state index is 12.9. The number of hydrogen-bond acceptors (Lipinski definition) is 1. The fourth-order valence-corrected chi connectivity index (χ4v) is 7.00. The van der Waals surface area contributed by atoms with E-state index in [1.807, 2.05) is 12.1 Å². The van der Waals surface area contributed by atoms with Crippen LogP contribution in [0.2, 0.25) is 0 Å². The van der Waals surface area contributed by atoms with Crippen molar-refractivity contribution >= 4 is 0 Å². The van der Waals surface area contributed by atoms with Crippen LogP contribution in [-0.2, 0) is 19.3 Å². The van der Waals surface area contributed by atoms with Gasteiger partial charge in [-0.2, -0.15) is 0 Å². The molecular formula is C36H47FO. The van der Waals surface area contributed by atoms with Crippen LogP contribution in [0.15, 0.2) is 66.7 Å². The Morgan fingerprint density at radius 2 is 1.16 bits per heavy atom. The molecule has 0 spiro atoms. The molecule has 3 aromatic carbocycles. The predicted octanol–water partition coefficient (Wildman–Crippen LogP) is 9.23. The predicted molar refractivity (Wildman–Crippen MR) is 158 cm³/mol. The van der Waals surface area contributed by atoms with Crippen molar-refractivity contribution in [2.45, 2.75) is 97.5 Å². The van der Waals surface area contributed by atoms with E-state index >= 15 is 0 Å². The Labute approximate surface area is 230 Å². The highest BCUT2D eigenvalue weighted by atomic mass is 19.1. The molecule has 0 radical (unpaired) electrons. The summed E-state index contributed by atoms with van der Waals surface area (Å²) < 4.78 is 12.9. The minimum atomic E-state index is -0.169. The third-order valence-electron chi connectivity index (χ3n) is 8.99. The molecule has 0 aliphatic heterocycles. The van der Waals surface area contributed by atoms with Crippen molar-refractivity contribution in [2.75, 3.05) is 0 Å². The number of aliphatic hydroxyl groups is 1. The molecule has 0 fully saturated rings. The third kappa shape index (κ3) is 6.40. The highest BCUT2D eigenvalue weighted by molar-refractivity contribution is 5.38. The molecule has 2 heteroatoms. The van der Waals surface area contributed by atoms with Crippen molar-refractivity contribution in [3.8, 4) is 0 Å². The molecule has 4 unspecified atom stereocenters. The van der Waals surface area contributed by atoms with Gasteiger partial charge in [-0.3, -0.25) is 0 Å². The number of halogens is 1. The summed E-state index contributed by atoms with van der Waals surface area (Å²) in [6.45, 7) is 13.5. The molecule has 0 amide bonds. The van der Waals surface area contributed by atoms with Gasteiger partial charge in [-0.05, 0) is 107 Å². The minimum Gasteiger partial charge on any atom is -0.392 e. The van der Waals surface area contributed by atoms with E-state index in [9.17, 15) is 9.50 Å². The van der Waals surface area contributed by atoms with Gasteiger partial charge < -0.3 is 5.11 Å². The first-order valence-corrected chi connectivity index (χ1v) is 14.8. The molecule has 3 aliphatic rings. The molecule has 0 saturated carbocycles. The van der Waals surface area contributed by atoms with Crippen LogP contribution in [0, 0.1) is 23.6 Å². The van der Waals surface area contributed by atoms with E-state index in [2.05, 4.69) is 84.0 Å². The number of aryl methyl sites for hydroxylation is 2. The minimum absolute atomic E-state index is 0.0943. The summed E-state index contributed by atoms with van der Waals surface area (Å²) in [5.41, 5.74) is 8.46. The van der Waals surface area contributed by atoms with Gasteiger partial charge in [0.25, 0.3) is 0 Å². The lowest BCUT2D eigenvalue weighted by atomic mass is 9.89. The van der Waals surface area contributed by atoms with Crippen LogP contribution < -0.4 is 0 Å². The van der Waals surface area contributed by atoms with Crippen molar-refractivity contribution < 1.29 is 9.50 Å². The second kappa shape index (κ2) is 12.6. The van der Waals surface area contributed by atoms with Gasteiger partial charge in [0, 0.05) is 5.92 Å². The first-order chi connectivity index (χ1) is 18.2. The number of fused-ring (bicyclic) bond motifs is 3. The molecule has 0 heterocycles. The molecule has 6 rings (SSSR count). The Hall–Kier alpha value is -2.45. The van der Waals surface area contributed by atoms with E-state index in [0.717, 1.165) is 24.7 Å². The zero-order chi connectivity index (χ0) is 27.4. The molecule has 1 nitrogen and oxygen atoms in total. The monoisotopic (exact) mass is 514 g/mol. The summed E-state index contributed by atoms with van der Waals surface area (Å²) >= 11 is 0. The largest absolute Gasteiger partial charge is 0.392 e. The van der Waals surface area contributed by atoms with Crippen molar-refractivity contribution in [3.05, 3.63) is 106 Å². The fourth-order valence-electron chi connectivity index (χ4n) is 7.00. The summed E-state index contributed by atoms with van der Waals surface area (Å²) in [7, 11) is 0. The van der Waals surface area contributed by atoms with Crippen molar-refractivity contribution in [1.82, 2.24) is 0 Å². The highest BCUT2D eigenvalue weighted by Crippen LogP contribution is 2.39. The van der Waals surface area contributed by atoms with E-state index in [-0.39, 0.29) is 11.9 Å². The molecular weight excluding hydrogens is 467 g/mol. The van der Waals surface area contributed by atoms with E-state index in [0.29, 0.717) is 23.7 Å². The van der Waals surface area contributed by atoms with E-state index in [1.165, 1.54) is 41.5 Å². The summed E-state index contributed by atoms with van der Waals surface area (Å²) in [5.74, 6) is 3.72. The number of benzene rings is 3. The van der Waals surface area contributed by atoms with E-state index in [4.69, 9.17) is 0 Å². The van der Waals surface area contributed by atoms with Crippen molar-refractivity contribution in [2.24, 2.45) is 17.8 Å². The zero-order valence-electron chi connectivity index (χ0n) is 24.3. The van der Waals surface area contributed by atoms with Gasteiger partial charge in [-0.25, -0.2) is 4.39 Å². The van der Waals surface area contributed by atoms with Crippen molar-refractivity contribution in [3.63, 3.8) is 0 Å². The number of rotatable bonds is 3. The Morgan fingerprint density at radius 3 is 1.76 bits per heavy atom. The van der Waals surface area contributed by atoms with Gasteiger partial charge in [0.15, 0.2) is 0 Å². The smallest absolute Gasteiger partial charge is 0.123 e. The Bertz CT molecular complexity index is 1190. The highest BCUT2D eigenvalue weighted by Gasteiger charge is 2.32. The first-order valence-electron chi connectivity index (χ1n) is 14.8. The summed E-state index contributed by atoms with van der Waals surface area (Å²) in [5, 5.41) is 9.88. The van der Waals surface area contributed by atoms with Gasteiger partial charge in [-0.15, -0.1) is 0 Å². The Kier molecular flexibility index (Phi) is 9.47. The van der Waals surface area contributed by atoms with E-state index < -0.39 is 0 Å². The molecule has 3 aromatic rings. The Balaban J connectivity index is 0.000000133. The lowest BCUT2D eigenvalue weighted by molar-refractivity contribution is 0.136. The van der Waals surface area contributed by atoms with Gasteiger partial charge in [0.05, 0.1) is 6.10 Å². The Morgan fingerprint density at radius 1 is 0.632 bits per heavy atom. The summed E-state index contributed by atoms with van der Waals surface area (Å²) in [6.07, 6.45) is 5.55. The van der Waals surface area contributed by atoms with Crippen LogP contribution in [0.5, 0.6) is 0 Å². The van der Waals surface area contributed by atoms with Crippen LogP contribution in [0.25, 0.3) is 0 Å². The second-order valence-corrected chi connectivity index (χ2v) is 12.6. The quantitative estimate of drug-likeness (QED) is 0.369. The second-order valence-electron chi connectivity index (χ2n) is 12.6. The average molecular weight is 515 g/mol. The number of hydrogen-bond donors (Lipinski definition) is 1. The SMILES string of the molecule is CC(C)C1CCc2cc(F)ccc21.CC(C)C1CCc2ccccc21.CC(C)C1c2ccccc2CC1O. The standard InChI is InChI=1S/C12H15F.C12H16O.C12H16/c1-8(2)11-5-3-9-7-10(13)4-6-12(9)11;1-8(2)12-10-6-4-3-5-9(10)7-11(12)13;1-9(2)11-8-7-10-5-3-4-6-12(10)11/h4,6-8,11H,3,5H2,1-2H3;3-6,8,11-13H,7H2,1-2H3;3-6,9,11H,7-8H2,1-2H3. The maximum absolute atomic E-state index is 12.9. The molecule has 38 heavy (non-hydrogen) atoms. The molecule has 4 atom stereocenters. The molecule has 0 bridgehead atoms. The normalized spacial score (nSPS) is 22.9. The van der Waals surface area contributed by atoms with Gasteiger partial charge in [-0.1, -0.05) is 96.1 Å².